The third-order valence-electron chi connectivity index (χ3n) is 7.05. The second kappa shape index (κ2) is 20.9. The molecule has 272 valence electrons. The van der Waals surface area contributed by atoms with E-state index in [-0.39, 0.29) is 42.9 Å². The summed E-state index contributed by atoms with van der Waals surface area (Å²) in [7, 11) is 1.35. The number of carbonyl (C=O) groups is 7. The second-order valence-corrected chi connectivity index (χ2v) is 12.4. The summed E-state index contributed by atoms with van der Waals surface area (Å²) < 4.78 is 0. The first-order valence-electron chi connectivity index (χ1n) is 15.1. The van der Waals surface area contributed by atoms with Crippen molar-refractivity contribution >= 4 is 59.1 Å². The van der Waals surface area contributed by atoms with Gasteiger partial charge in [-0.2, -0.15) is 0 Å². The van der Waals surface area contributed by atoms with Gasteiger partial charge in [0.15, 0.2) is 5.96 Å². The number of rotatable bonds is 11. The number of carbonyl (C=O) groups excluding carboxylic acids is 6. The molecule has 14 N–H and O–H groups in total. The third-order valence-corrected chi connectivity index (χ3v) is 7.97. The fraction of sp³-hybridized carbons (Fsp3) is 0.704. The Morgan fingerprint density at radius 3 is 2.33 bits per heavy atom. The van der Waals surface area contributed by atoms with Crippen LogP contribution in [0.4, 0.5) is 0 Å². The molecule has 20 nitrogen and oxygen atoms in total. The van der Waals surface area contributed by atoms with E-state index in [1.54, 1.807) is 13.8 Å². The van der Waals surface area contributed by atoms with Crippen LogP contribution in [-0.4, -0.2) is 137 Å². The van der Waals surface area contributed by atoms with Gasteiger partial charge in [-0.05, 0) is 18.8 Å². The minimum atomic E-state index is -1.69. The van der Waals surface area contributed by atoms with Crippen LogP contribution in [0.2, 0.25) is 0 Å². The van der Waals surface area contributed by atoms with Gasteiger partial charge in [0.25, 0.3) is 0 Å². The number of aliphatic hydroxyl groups is 1. The lowest BCUT2D eigenvalue weighted by molar-refractivity contribution is -0.143. The monoisotopic (exact) mass is 703 g/mol. The molecule has 21 heteroatoms. The standard InChI is InChI=1S/C27H49N11O9S/c1-13(2)21-26(47)38(4)18(6-5-7-31-27(29)30)25(46)33-10-19(40)35-16(8-20(41)42)23(44)32-9-15(28)22(43)36-17(24(45)37-21)11-48-12-34-14(3)39/h13,15-18,21,23,32,44H,5-12,28H2,1-4H3,(H,33,46)(H,34,39)(H,35,40)(H,36,43)(H,37,45)(H,41,42)(H4,29,30,31)/t15?,16-,17?,18-,21+,23?/m0/s1. The molecule has 1 aliphatic rings. The van der Waals surface area contributed by atoms with E-state index in [0.717, 1.165) is 16.7 Å². The molecule has 3 unspecified atom stereocenters. The van der Waals surface area contributed by atoms with E-state index in [0.29, 0.717) is 0 Å². The summed E-state index contributed by atoms with van der Waals surface area (Å²) in [4.78, 5) is 94.2. The van der Waals surface area contributed by atoms with E-state index in [4.69, 9.17) is 17.2 Å². The number of carboxylic acids is 1. The number of aliphatic imine (C=N–C) groups is 1. The van der Waals surface area contributed by atoms with Crippen molar-refractivity contribution in [3.05, 3.63) is 0 Å². The van der Waals surface area contributed by atoms with Crippen LogP contribution in [0, 0.1) is 5.92 Å². The molecule has 0 bridgehead atoms. The highest BCUT2D eigenvalue weighted by Gasteiger charge is 2.36. The first-order valence-corrected chi connectivity index (χ1v) is 16.3. The van der Waals surface area contributed by atoms with E-state index in [2.05, 4.69) is 36.9 Å². The highest BCUT2D eigenvalue weighted by Crippen LogP contribution is 2.14. The minimum absolute atomic E-state index is 0.0436. The molecule has 1 fully saturated rings. The van der Waals surface area contributed by atoms with Gasteiger partial charge in [0, 0.05) is 32.8 Å². The van der Waals surface area contributed by atoms with Gasteiger partial charge < -0.3 is 58.9 Å². The van der Waals surface area contributed by atoms with Gasteiger partial charge >= 0.3 is 5.97 Å². The van der Waals surface area contributed by atoms with Crippen molar-refractivity contribution in [2.24, 2.45) is 28.1 Å². The molecule has 1 aliphatic heterocycles. The molecule has 1 heterocycles. The number of nitrogens with one attached hydrogen (secondary N) is 6. The molecule has 0 aromatic rings. The molecular formula is C27H49N11O9S. The molecule has 6 amide bonds. The molecule has 0 aromatic carbocycles. The lowest BCUT2D eigenvalue weighted by atomic mass is 10.00. The maximum atomic E-state index is 13.8. The molecule has 0 aromatic heterocycles. The average molecular weight is 704 g/mol. The van der Waals surface area contributed by atoms with Crippen molar-refractivity contribution in [2.45, 2.75) is 76.5 Å². The van der Waals surface area contributed by atoms with Gasteiger partial charge in [-0.15, -0.1) is 11.8 Å². The van der Waals surface area contributed by atoms with Crippen LogP contribution in [-0.2, 0) is 33.6 Å². The second-order valence-electron chi connectivity index (χ2n) is 11.4. The number of likely N-dealkylation sites (N-methyl/N-ethyl adjacent to an activating group) is 1. The number of guanidine groups is 1. The van der Waals surface area contributed by atoms with E-state index in [1.165, 1.54) is 14.0 Å². The summed E-state index contributed by atoms with van der Waals surface area (Å²) in [6.07, 6.45) is -2.12. The van der Waals surface area contributed by atoms with E-state index in [9.17, 15) is 43.8 Å². The summed E-state index contributed by atoms with van der Waals surface area (Å²) in [6, 6.07) is -6.33. The molecule has 6 atom stereocenters. The van der Waals surface area contributed by atoms with Crippen molar-refractivity contribution < 1.29 is 43.8 Å². The molecule has 0 spiro atoms. The number of thioether (sulfide) groups is 1. The van der Waals surface area contributed by atoms with Crippen LogP contribution in [0.3, 0.4) is 0 Å². The van der Waals surface area contributed by atoms with Crippen LogP contribution in [0.15, 0.2) is 4.99 Å². The summed E-state index contributed by atoms with van der Waals surface area (Å²) in [5, 5.41) is 34.9. The van der Waals surface area contributed by atoms with Gasteiger partial charge in [-0.25, -0.2) is 0 Å². The average Bonchev–Trinajstić information content (AvgIpc) is 3.00. The van der Waals surface area contributed by atoms with Crippen molar-refractivity contribution in [3.8, 4) is 0 Å². The molecule has 1 rings (SSSR count). The Labute approximate surface area is 282 Å². The van der Waals surface area contributed by atoms with Crippen molar-refractivity contribution in [1.82, 2.24) is 36.8 Å². The van der Waals surface area contributed by atoms with Crippen molar-refractivity contribution in [1.29, 1.82) is 0 Å². The Morgan fingerprint density at radius 2 is 1.75 bits per heavy atom. The SMILES string of the molecule is CC(=O)NCSCC1NC(=O)C(N)CNC(O)[C@H](CC(=O)O)NC(=O)CNC(=O)[C@H](CCCN=C(N)N)N(C)C(=O)[C@@H](C(C)C)NC1=O. The van der Waals surface area contributed by atoms with Crippen LogP contribution in [0.1, 0.15) is 40.0 Å². The number of nitrogens with zero attached hydrogens (tertiary/aromatic N) is 2. The molecule has 0 radical (unpaired) electrons. The Balaban J connectivity index is 3.50. The van der Waals surface area contributed by atoms with Crippen LogP contribution >= 0.6 is 11.8 Å². The lowest BCUT2D eigenvalue weighted by Gasteiger charge is -2.33. The van der Waals surface area contributed by atoms with E-state index < -0.39 is 97.4 Å². The number of aliphatic carboxylic acids is 1. The predicted octanol–water partition coefficient (Wildman–Crippen LogP) is -5.36. The van der Waals surface area contributed by atoms with Crippen LogP contribution in [0.25, 0.3) is 0 Å². The Morgan fingerprint density at radius 1 is 1.08 bits per heavy atom. The van der Waals surface area contributed by atoms with Crippen LogP contribution < -0.4 is 49.1 Å². The van der Waals surface area contributed by atoms with Gasteiger partial charge in [0.2, 0.25) is 35.4 Å². The smallest absolute Gasteiger partial charge is 0.305 e. The van der Waals surface area contributed by atoms with Crippen molar-refractivity contribution in [2.75, 3.05) is 38.3 Å². The molecule has 48 heavy (non-hydrogen) atoms. The zero-order valence-corrected chi connectivity index (χ0v) is 28.3. The maximum absolute atomic E-state index is 13.8. The molecule has 0 saturated carbocycles. The molecule has 0 aliphatic carbocycles. The topological polar surface area (TPSA) is 326 Å². The quantitative estimate of drug-likeness (QED) is 0.0414. The summed E-state index contributed by atoms with van der Waals surface area (Å²) in [6.45, 7) is 3.74. The number of nitrogens with two attached hydrogens (primary N) is 3. The van der Waals surface area contributed by atoms with Gasteiger partial charge in [-0.1, -0.05) is 13.8 Å². The zero-order valence-electron chi connectivity index (χ0n) is 27.5. The fourth-order valence-electron chi connectivity index (χ4n) is 4.38. The number of hydrogen-bond donors (Lipinski definition) is 11. The predicted molar refractivity (Wildman–Crippen MR) is 175 cm³/mol. The number of aliphatic hydroxyl groups excluding tert-OH is 1. The van der Waals surface area contributed by atoms with E-state index >= 15 is 0 Å². The third kappa shape index (κ3) is 15.1. The normalized spacial score (nSPS) is 25.4. The Hall–Kier alpha value is -4.21. The Bertz CT molecular complexity index is 1190. The molecule has 1 saturated heterocycles. The van der Waals surface area contributed by atoms with Crippen molar-refractivity contribution in [3.63, 3.8) is 0 Å². The molecular weight excluding hydrogens is 654 g/mol. The lowest BCUT2D eigenvalue weighted by Crippen LogP contribution is -2.60. The first kappa shape index (κ1) is 41.8. The fourth-order valence-corrected chi connectivity index (χ4v) is 5.27. The largest absolute Gasteiger partial charge is 0.481 e. The minimum Gasteiger partial charge on any atom is -0.481 e. The van der Waals surface area contributed by atoms with Crippen LogP contribution in [0.5, 0.6) is 0 Å². The summed E-state index contributed by atoms with van der Waals surface area (Å²) in [5.41, 5.74) is 16.8. The van der Waals surface area contributed by atoms with Gasteiger partial charge in [0.05, 0.1) is 30.9 Å². The number of carboxylic acid groups (broad SMARTS) is 1. The summed E-state index contributed by atoms with van der Waals surface area (Å²) >= 11 is 1.11. The number of hydrogen-bond acceptors (Lipinski definition) is 12. The van der Waals surface area contributed by atoms with E-state index in [1.807, 2.05) is 0 Å². The highest BCUT2D eigenvalue weighted by molar-refractivity contribution is 7.99. The van der Waals surface area contributed by atoms with Gasteiger partial charge in [0.1, 0.15) is 24.4 Å². The van der Waals surface area contributed by atoms with Gasteiger partial charge in [-0.3, -0.25) is 43.9 Å². The maximum Gasteiger partial charge on any atom is 0.305 e. The summed E-state index contributed by atoms with van der Waals surface area (Å²) in [5.74, 6) is -6.09. The zero-order chi connectivity index (χ0) is 36.6. The first-order chi connectivity index (χ1) is 22.4. The highest BCUT2D eigenvalue weighted by atomic mass is 32.2. The Kier molecular flexibility index (Phi) is 18.2. The number of amides is 6.